The van der Waals surface area contributed by atoms with E-state index in [4.69, 9.17) is 0 Å². The SMILES string of the molecule is CC(C)CCn1c(=O)c2c(ncn2Cc2ccc(F)c(F)c2)n(-c2ccccc2)c1=O. The largest absolute Gasteiger partial charge is 0.337 e. The highest BCUT2D eigenvalue weighted by Gasteiger charge is 2.19. The van der Waals surface area contributed by atoms with Gasteiger partial charge in [-0.25, -0.2) is 23.1 Å². The van der Waals surface area contributed by atoms with Crippen molar-refractivity contribution >= 4 is 11.2 Å². The molecule has 6 nitrogen and oxygen atoms in total. The van der Waals surface area contributed by atoms with E-state index in [1.807, 2.05) is 19.9 Å². The molecule has 0 atom stereocenters. The minimum Gasteiger partial charge on any atom is -0.320 e. The molecule has 4 rings (SSSR count). The van der Waals surface area contributed by atoms with Crippen LogP contribution in [0, 0.1) is 17.6 Å². The number of benzene rings is 2. The Balaban J connectivity index is 1.94. The van der Waals surface area contributed by atoms with Crippen LogP contribution in [-0.2, 0) is 13.1 Å². The number of aromatic nitrogens is 4. The minimum absolute atomic E-state index is 0.111. The molecule has 0 spiro atoms. The first-order chi connectivity index (χ1) is 14.9. The highest BCUT2D eigenvalue weighted by atomic mass is 19.2. The van der Waals surface area contributed by atoms with Crippen molar-refractivity contribution < 1.29 is 8.78 Å². The zero-order valence-electron chi connectivity index (χ0n) is 17.3. The predicted octanol–water partition coefficient (Wildman–Crippen LogP) is 3.72. The second kappa shape index (κ2) is 8.29. The van der Waals surface area contributed by atoms with E-state index in [2.05, 4.69) is 4.98 Å². The molecule has 31 heavy (non-hydrogen) atoms. The predicted molar refractivity (Wildman–Crippen MR) is 115 cm³/mol. The Morgan fingerprint density at radius 1 is 1.00 bits per heavy atom. The van der Waals surface area contributed by atoms with Crippen LogP contribution in [0.15, 0.2) is 64.4 Å². The molecule has 160 valence electrons. The summed E-state index contributed by atoms with van der Waals surface area (Å²) in [6.07, 6.45) is 2.10. The zero-order chi connectivity index (χ0) is 22.1. The van der Waals surface area contributed by atoms with Crippen LogP contribution >= 0.6 is 0 Å². The zero-order valence-corrected chi connectivity index (χ0v) is 17.3. The molecule has 0 bridgehead atoms. The first-order valence-electron chi connectivity index (χ1n) is 10.1. The van der Waals surface area contributed by atoms with Crippen LogP contribution in [0.3, 0.4) is 0 Å². The van der Waals surface area contributed by atoms with Crippen molar-refractivity contribution in [2.45, 2.75) is 33.4 Å². The normalized spacial score (nSPS) is 11.5. The fourth-order valence-corrected chi connectivity index (χ4v) is 3.53. The summed E-state index contributed by atoms with van der Waals surface area (Å²) in [6.45, 7) is 4.42. The third-order valence-corrected chi connectivity index (χ3v) is 5.18. The maximum Gasteiger partial charge on any atom is 0.337 e. The molecule has 2 aromatic heterocycles. The lowest BCUT2D eigenvalue weighted by atomic mass is 10.1. The van der Waals surface area contributed by atoms with Crippen LogP contribution in [0.5, 0.6) is 0 Å². The van der Waals surface area contributed by atoms with Crippen molar-refractivity contribution in [2.24, 2.45) is 5.92 Å². The fraction of sp³-hybridized carbons (Fsp3) is 0.261. The van der Waals surface area contributed by atoms with Gasteiger partial charge >= 0.3 is 5.69 Å². The van der Waals surface area contributed by atoms with Crippen LogP contribution in [-0.4, -0.2) is 18.7 Å². The number of hydrogen-bond acceptors (Lipinski definition) is 3. The van der Waals surface area contributed by atoms with Gasteiger partial charge in [-0.2, -0.15) is 0 Å². The number of imidazole rings is 1. The number of hydrogen-bond donors (Lipinski definition) is 0. The second-order valence-corrected chi connectivity index (χ2v) is 7.89. The molecule has 0 aliphatic carbocycles. The summed E-state index contributed by atoms with van der Waals surface area (Å²) >= 11 is 0. The van der Waals surface area contributed by atoms with Gasteiger partial charge in [-0.05, 0) is 42.2 Å². The van der Waals surface area contributed by atoms with E-state index in [-0.39, 0.29) is 24.3 Å². The summed E-state index contributed by atoms with van der Waals surface area (Å²) in [4.78, 5) is 30.9. The third kappa shape index (κ3) is 3.93. The van der Waals surface area contributed by atoms with Crippen molar-refractivity contribution in [3.05, 3.63) is 92.9 Å². The lowest BCUT2D eigenvalue weighted by Gasteiger charge is -2.13. The summed E-state index contributed by atoms with van der Waals surface area (Å²) < 4.78 is 31.2. The van der Waals surface area contributed by atoms with Gasteiger partial charge in [-0.1, -0.05) is 38.1 Å². The molecule has 0 N–H and O–H groups in total. The van der Waals surface area contributed by atoms with Crippen LogP contribution in [0.1, 0.15) is 25.8 Å². The van der Waals surface area contributed by atoms with Gasteiger partial charge in [0.25, 0.3) is 5.56 Å². The monoisotopic (exact) mass is 424 g/mol. The van der Waals surface area contributed by atoms with E-state index < -0.39 is 22.9 Å². The fourth-order valence-electron chi connectivity index (χ4n) is 3.53. The average Bonchev–Trinajstić information content (AvgIpc) is 3.14. The summed E-state index contributed by atoms with van der Waals surface area (Å²) in [5, 5.41) is 0. The van der Waals surface area contributed by atoms with Crippen molar-refractivity contribution in [3.63, 3.8) is 0 Å². The van der Waals surface area contributed by atoms with Gasteiger partial charge in [0.05, 0.1) is 12.0 Å². The Hall–Kier alpha value is -3.55. The van der Waals surface area contributed by atoms with E-state index in [9.17, 15) is 18.4 Å². The van der Waals surface area contributed by atoms with Gasteiger partial charge in [0.2, 0.25) is 0 Å². The van der Waals surface area contributed by atoms with Crippen LogP contribution in [0.25, 0.3) is 16.9 Å². The number of fused-ring (bicyclic) bond motifs is 1. The molecule has 0 saturated carbocycles. The van der Waals surface area contributed by atoms with Gasteiger partial charge in [-0.15, -0.1) is 0 Å². The van der Waals surface area contributed by atoms with Gasteiger partial charge in [0.1, 0.15) is 0 Å². The number of nitrogens with zero attached hydrogens (tertiary/aromatic N) is 4. The smallest absolute Gasteiger partial charge is 0.320 e. The van der Waals surface area contributed by atoms with Gasteiger partial charge in [0, 0.05) is 13.1 Å². The third-order valence-electron chi connectivity index (χ3n) is 5.18. The van der Waals surface area contributed by atoms with Crippen LogP contribution in [0.2, 0.25) is 0 Å². The number of rotatable bonds is 6. The molecule has 2 heterocycles. The Morgan fingerprint density at radius 2 is 1.74 bits per heavy atom. The molecule has 0 aliphatic heterocycles. The molecule has 8 heteroatoms. The molecule has 0 aliphatic rings. The van der Waals surface area contributed by atoms with Crippen LogP contribution in [0.4, 0.5) is 8.78 Å². The minimum atomic E-state index is -0.961. The molecule has 0 unspecified atom stereocenters. The van der Waals surface area contributed by atoms with Crippen molar-refractivity contribution in [3.8, 4) is 5.69 Å². The van der Waals surface area contributed by atoms with Crippen molar-refractivity contribution in [2.75, 3.05) is 0 Å². The second-order valence-electron chi connectivity index (χ2n) is 7.89. The highest BCUT2D eigenvalue weighted by Crippen LogP contribution is 2.16. The first kappa shape index (κ1) is 20.7. The summed E-state index contributed by atoms with van der Waals surface area (Å²) in [5.41, 5.74) is 0.620. The lowest BCUT2D eigenvalue weighted by Crippen LogP contribution is -2.40. The van der Waals surface area contributed by atoms with Gasteiger partial charge in [-0.3, -0.25) is 9.36 Å². The van der Waals surface area contributed by atoms with E-state index in [0.29, 0.717) is 23.6 Å². The number of para-hydroxylation sites is 1. The molecular weight excluding hydrogens is 402 g/mol. The van der Waals surface area contributed by atoms with E-state index in [1.165, 1.54) is 21.5 Å². The molecule has 4 aromatic rings. The summed E-state index contributed by atoms with van der Waals surface area (Å²) in [7, 11) is 0. The van der Waals surface area contributed by atoms with E-state index >= 15 is 0 Å². The lowest BCUT2D eigenvalue weighted by molar-refractivity contribution is 0.491. The highest BCUT2D eigenvalue weighted by molar-refractivity contribution is 5.72. The molecule has 0 amide bonds. The maximum atomic E-state index is 13.7. The van der Waals surface area contributed by atoms with E-state index in [0.717, 1.165) is 12.1 Å². The molecule has 0 fully saturated rings. The average molecular weight is 424 g/mol. The molecule has 0 radical (unpaired) electrons. The summed E-state index contributed by atoms with van der Waals surface area (Å²) in [5.74, 6) is -1.59. The Bertz CT molecular complexity index is 1350. The van der Waals surface area contributed by atoms with Crippen molar-refractivity contribution in [1.29, 1.82) is 0 Å². The first-order valence-corrected chi connectivity index (χ1v) is 10.1. The molecule has 0 saturated heterocycles. The summed E-state index contributed by atoms with van der Waals surface area (Å²) in [6, 6.07) is 12.6. The number of halogens is 2. The Morgan fingerprint density at radius 3 is 2.42 bits per heavy atom. The molecular formula is C23H22F2N4O2. The van der Waals surface area contributed by atoms with Crippen molar-refractivity contribution in [1.82, 2.24) is 18.7 Å². The van der Waals surface area contributed by atoms with Gasteiger partial charge < -0.3 is 4.57 Å². The Labute approximate surface area is 177 Å². The van der Waals surface area contributed by atoms with E-state index in [1.54, 1.807) is 28.8 Å². The quantitative estimate of drug-likeness (QED) is 0.474. The standard InChI is InChI=1S/C23H22F2N4O2/c1-15(2)10-11-28-22(30)20-21(29(23(28)31)17-6-4-3-5-7-17)26-14-27(20)13-16-8-9-18(24)19(25)12-16/h3-9,12,14-15H,10-11,13H2,1-2H3. The topological polar surface area (TPSA) is 61.8 Å². The maximum absolute atomic E-state index is 13.7. The van der Waals surface area contributed by atoms with Gasteiger partial charge in [0.15, 0.2) is 22.8 Å². The van der Waals surface area contributed by atoms with Crippen LogP contribution < -0.4 is 11.2 Å². The Kier molecular flexibility index (Phi) is 5.54. The molecule has 2 aromatic carbocycles.